The van der Waals surface area contributed by atoms with Crippen LogP contribution in [0.2, 0.25) is 0 Å². The minimum Gasteiger partial charge on any atom is -0.506 e. The Labute approximate surface area is 296 Å². The number of aromatic amines is 1. The molecule has 0 bridgehead atoms. The summed E-state index contributed by atoms with van der Waals surface area (Å²) < 4.78 is 5.76. The number of aromatic hydroxyl groups is 1. The van der Waals surface area contributed by atoms with Gasteiger partial charge in [-0.2, -0.15) is 0 Å². The maximum atomic E-state index is 12.9. The third-order valence-electron chi connectivity index (χ3n) is 9.13. The average Bonchev–Trinajstić information content (AvgIpc) is 3.15. The largest absolute Gasteiger partial charge is 0.506 e. The number of ketones is 1. The number of aliphatic hydroxyl groups excluding tert-OH is 1. The summed E-state index contributed by atoms with van der Waals surface area (Å²) in [6, 6.07) is 31.1. The summed E-state index contributed by atoms with van der Waals surface area (Å²) in [5.74, 6) is -0.0635. The standard InChI is InChI=1S/C40H43N5O6/c46-35-15-13-32(33-14-16-38(49)44-39(33)35)37(48)26-42-24-27-7-6-10-29(23-27)36(47)25-41-19-22-45-20-17-30(18-21-45)51-40(50)43-34-12-5-4-11-31(34)28-8-2-1-3-9-28/h1-16,23,30,37,41-42,46,48H,17-22,24-26H2,(H,43,50)(H,44,49). The Morgan fingerprint density at radius 1 is 0.902 bits per heavy atom. The van der Waals surface area contributed by atoms with Gasteiger partial charge in [-0.15, -0.1) is 0 Å². The average molecular weight is 690 g/mol. The van der Waals surface area contributed by atoms with E-state index in [2.05, 4.69) is 25.8 Å². The number of rotatable bonds is 14. The quantitative estimate of drug-likeness (QED) is 0.0681. The number of phenolic OH excluding ortho intramolecular Hbond substituents is 1. The van der Waals surface area contributed by atoms with Crippen LogP contribution in [0, 0.1) is 0 Å². The van der Waals surface area contributed by atoms with Gasteiger partial charge in [0.25, 0.3) is 0 Å². The van der Waals surface area contributed by atoms with Gasteiger partial charge in [0.05, 0.1) is 23.9 Å². The van der Waals surface area contributed by atoms with Crippen molar-refractivity contribution in [2.24, 2.45) is 0 Å². The van der Waals surface area contributed by atoms with E-state index in [4.69, 9.17) is 4.74 Å². The molecule has 4 aromatic carbocycles. The number of aromatic nitrogens is 1. The maximum Gasteiger partial charge on any atom is 0.411 e. The van der Waals surface area contributed by atoms with Crippen LogP contribution in [0.25, 0.3) is 22.0 Å². The molecule has 6 rings (SSSR count). The predicted octanol–water partition coefficient (Wildman–Crippen LogP) is 5.21. The van der Waals surface area contributed by atoms with Crippen molar-refractivity contribution in [1.29, 1.82) is 0 Å². The summed E-state index contributed by atoms with van der Waals surface area (Å²) in [5, 5.41) is 30.9. The highest BCUT2D eigenvalue weighted by atomic mass is 16.6. The molecular formula is C40H43N5O6. The highest BCUT2D eigenvalue weighted by Gasteiger charge is 2.23. The number of likely N-dealkylation sites (tertiary alicyclic amines) is 1. The van der Waals surface area contributed by atoms with Gasteiger partial charge in [0.1, 0.15) is 11.9 Å². The van der Waals surface area contributed by atoms with Crippen LogP contribution < -0.4 is 21.5 Å². The molecule has 2 heterocycles. The fourth-order valence-electron chi connectivity index (χ4n) is 6.41. The van der Waals surface area contributed by atoms with E-state index in [1.54, 1.807) is 18.2 Å². The number of nitrogens with zero attached hydrogens (tertiary/aromatic N) is 1. The van der Waals surface area contributed by atoms with Gasteiger partial charge in [0, 0.05) is 61.8 Å². The van der Waals surface area contributed by atoms with Crippen LogP contribution in [0.3, 0.4) is 0 Å². The smallest absolute Gasteiger partial charge is 0.411 e. The molecule has 0 radical (unpaired) electrons. The van der Waals surface area contributed by atoms with Crippen LogP contribution >= 0.6 is 0 Å². The molecule has 11 nitrogen and oxygen atoms in total. The third kappa shape index (κ3) is 9.47. The molecule has 11 heteroatoms. The van der Waals surface area contributed by atoms with Crippen LogP contribution in [0.1, 0.15) is 40.4 Å². The number of benzene rings is 4. The summed E-state index contributed by atoms with van der Waals surface area (Å²) >= 11 is 0. The highest BCUT2D eigenvalue weighted by molar-refractivity contribution is 5.97. The number of amides is 1. The van der Waals surface area contributed by atoms with E-state index in [9.17, 15) is 24.6 Å². The van der Waals surface area contributed by atoms with E-state index in [0.717, 1.165) is 49.2 Å². The van der Waals surface area contributed by atoms with E-state index >= 15 is 0 Å². The van der Waals surface area contributed by atoms with Crippen LogP contribution in [0.15, 0.2) is 108 Å². The van der Waals surface area contributed by atoms with Crippen molar-refractivity contribution in [2.75, 3.05) is 44.6 Å². The SMILES string of the molecule is O=C(Nc1ccccc1-c1ccccc1)OC1CCN(CCNCC(=O)c2cccc(CNCC(O)c3ccc(O)c4[nH]c(=O)ccc34)c2)CC1. The third-order valence-corrected chi connectivity index (χ3v) is 9.13. The minimum atomic E-state index is -0.876. The second-order valence-electron chi connectivity index (χ2n) is 12.7. The van der Waals surface area contributed by atoms with Gasteiger partial charge < -0.3 is 35.5 Å². The molecule has 6 N–H and O–H groups in total. The molecule has 1 fully saturated rings. The first-order valence-electron chi connectivity index (χ1n) is 17.2. The predicted molar refractivity (Wildman–Crippen MR) is 198 cm³/mol. The molecule has 1 aliphatic rings. The molecule has 1 atom stereocenters. The fourth-order valence-corrected chi connectivity index (χ4v) is 6.41. The Morgan fingerprint density at radius 3 is 2.51 bits per heavy atom. The van der Waals surface area contributed by atoms with Crippen LogP contribution in [0.5, 0.6) is 5.75 Å². The number of carbonyl (C=O) groups excluding carboxylic acids is 2. The first-order valence-corrected chi connectivity index (χ1v) is 17.2. The van der Waals surface area contributed by atoms with Crippen LogP contribution in [-0.2, 0) is 11.3 Å². The van der Waals surface area contributed by atoms with Gasteiger partial charge in [-0.1, -0.05) is 72.8 Å². The molecule has 51 heavy (non-hydrogen) atoms. The van der Waals surface area contributed by atoms with Gasteiger partial charge in [0.2, 0.25) is 5.56 Å². The number of Topliss-reactive ketones (excluding diaryl/α,β-unsaturated/α-hetero) is 1. The molecule has 1 saturated heterocycles. The zero-order valence-corrected chi connectivity index (χ0v) is 28.3. The topological polar surface area (TPSA) is 156 Å². The molecule has 5 aromatic rings. The molecule has 1 aliphatic heterocycles. The number of hydrogen-bond acceptors (Lipinski definition) is 9. The Morgan fingerprint density at radius 2 is 1.69 bits per heavy atom. The number of H-pyrrole nitrogens is 1. The lowest BCUT2D eigenvalue weighted by atomic mass is 10.0. The monoisotopic (exact) mass is 689 g/mol. The first kappa shape index (κ1) is 35.5. The minimum absolute atomic E-state index is 0.00611. The van der Waals surface area contributed by atoms with Crippen molar-refractivity contribution >= 4 is 28.5 Å². The second kappa shape index (κ2) is 17.1. The lowest BCUT2D eigenvalue weighted by Crippen LogP contribution is -2.42. The summed E-state index contributed by atoms with van der Waals surface area (Å²) in [6.07, 6.45) is 0.0219. The second-order valence-corrected chi connectivity index (χ2v) is 12.7. The Hall–Kier alpha value is -5.33. The number of hydrogen-bond donors (Lipinski definition) is 6. The number of nitrogens with one attached hydrogen (secondary N) is 4. The number of fused-ring (bicyclic) bond motifs is 1. The molecule has 0 spiro atoms. The number of carbonyl (C=O) groups is 2. The summed E-state index contributed by atoms with van der Waals surface area (Å²) in [5.41, 5.74) is 4.74. The Bertz CT molecular complexity index is 2010. The number of phenols is 1. The number of aliphatic hydroxyl groups is 1. The molecule has 264 valence electrons. The van der Waals surface area contributed by atoms with Gasteiger partial charge in [-0.05, 0) is 53.8 Å². The lowest BCUT2D eigenvalue weighted by Gasteiger charge is -2.31. The molecule has 0 saturated carbocycles. The zero-order chi connectivity index (χ0) is 35.6. The summed E-state index contributed by atoms with van der Waals surface area (Å²) in [7, 11) is 0. The molecule has 0 aliphatic carbocycles. The van der Waals surface area contributed by atoms with Crippen molar-refractivity contribution < 1.29 is 24.5 Å². The molecule has 1 unspecified atom stereocenters. The molecule has 1 amide bonds. The lowest BCUT2D eigenvalue weighted by molar-refractivity contribution is 0.0593. The summed E-state index contributed by atoms with van der Waals surface area (Å²) in [6.45, 7) is 3.96. The normalized spacial score (nSPS) is 14.3. The highest BCUT2D eigenvalue weighted by Crippen LogP contribution is 2.29. The fraction of sp³-hybridized carbons (Fsp3) is 0.275. The van der Waals surface area contributed by atoms with E-state index in [-0.39, 0.29) is 41.8 Å². The zero-order valence-electron chi connectivity index (χ0n) is 28.3. The number of anilines is 1. The van der Waals surface area contributed by atoms with Crippen molar-refractivity contribution in [1.82, 2.24) is 20.5 Å². The van der Waals surface area contributed by atoms with Crippen molar-refractivity contribution in [3.8, 4) is 16.9 Å². The van der Waals surface area contributed by atoms with E-state index in [0.29, 0.717) is 35.3 Å². The van der Waals surface area contributed by atoms with E-state index in [1.807, 2.05) is 72.8 Å². The van der Waals surface area contributed by atoms with Crippen molar-refractivity contribution in [3.05, 3.63) is 130 Å². The van der Waals surface area contributed by atoms with E-state index < -0.39 is 12.2 Å². The molecular weight excluding hydrogens is 646 g/mol. The first-order chi connectivity index (χ1) is 24.8. The van der Waals surface area contributed by atoms with Crippen molar-refractivity contribution in [3.63, 3.8) is 0 Å². The van der Waals surface area contributed by atoms with Gasteiger partial charge in [-0.25, -0.2) is 4.79 Å². The van der Waals surface area contributed by atoms with Gasteiger partial charge in [0.15, 0.2) is 5.78 Å². The maximum absolute atomic E-state index is 12.9. The number of para-hydroxylation sites is 1. The van der Waals surface area contributed by atoms with Gasteiger partial charge in [-0.3, -0.25) is 14.9 Å². The van der Waals surface area contributed by atoms with Crippen LogP contribution in [0.4, 0.5) is 10.5 Å². The van der Waals surface area contributed by atoms with Gasteiger partial charge >= 0.3 is 6.09 Å². The number of ether oxygens (including phenoxy) is 1. The van der Waals surface area contributed by atoms with Crippen molar-refractivity contribution in [2.45, 2.75) is 31.6 Å². The Kier molecular flexibility index (Phi) is 11.9. The summed E-state index contributed by atoms with van der Waals surface area (Å²) in [4.78, 5) is 42.3. The number of pyridine rings is 1. The molecule has 1 aromatic heterocycles. The Balaban J connectivity index is 0.885. The van der Waals surface area contributed by atoms with Crippen LogP contribution in [-0.4, -0.2) is 77.3 Å². The number of piperidine rings is 1. The van der Waals surface area contributed by atoms with E-state index in [1.165, 1.54) is 12.1 Å².